The predicted molar refractivity (Wildman–Crippen MR) is 76.5 cm³/mol. The number of benzene rings is 1. The summed E-state index contributed by atoms with van der Waals surface area (Å²) in [7, 11) is 0. The van der Waals surface area contributed by atoms with Crippen LogP contribution in [-0.2, 0) is 11.3 Å². The van der Waals surface area contributed by atoms with E-state index in [1.54, 1.807) is 6.26 Å². The molecule has 1 aromatic heterocycles. The summed E-state index contributed by atoms with van der Waals surface area (Å²) in [6.45, 7) is 1.74. The zero-order chi connectivity index (χ0) is 13.9. The second-order valence-electron chi connectivity index (χ2n) is 5.48. The lowest BCUT2D eigenvalue weighted by atomic mass is 9.98. The van der Waals surface area contributed by atoms with Crippen molar-refractivity contribution in [3.05, 3.63) is 36.1 Å². The Morgan fingerprint density at radius 1 is 1.35 bits per heavy atom. The third-order valence-electron chi connectivity index (χ3n) is 4.09. The van der Waals surface area contributed by atoms with Gasteiger partial charge >= 0.3 is 5.97 Å². The van der Waals surface area contributed by atoms with E-state index in [0.717, 1.165) is 48.9 Å². The molecule has 0 aliphatic carbocycles. The molecule has 2 aromatic rings. The summed E-state index contributed by atoms with van der Waals surface area (Å²) in [6.07, 6.45) is 5.28. The minimum atomic E-state index is -0.709. The monoisotopic (exact) mass is 273 g/mol. The van der Waals surface area contributed by atoms with Crippen molar-refractivity contribution >= 4 is 16.9 Å². The van der Waals surface area contributed by atoms with Crippen LogP contribution in [-0.4, -0.2) is 28.6 Å². The number of carboxylic acid groups (broad SMARTS) is 1. The fourth-order valence-corrected chi connectivity index (χ4v) is 3.07. The number of carbonyl (C=O) groups is 1. The third-order valence-corrected chi connectivity index (χ3v) is 4.09. The van der Waals surface area contributed by atoms with Gasteiger partial charge in [-0.15, -0.1) is 0 Å². The molecule has 2 heterocycles. The zero-order valence-corrected chi connectivity index (χ0v) is 11.4. The molecule has 1 N–H and O–H groups in total. The number of furan rings is 1. The molecule has 0 bridgehead atoms. The summed E-state index contributed by atoms with van der Waals surface area (Å²) in [5, 5.41) is 10.2. The lowest BCUT2D eigenvalue weighted by molar-refractivity contribution is -0.138. The van der Waals surface area contributed by atoms with Gasteiger partial charge in [-0.25, -0.2) is 0 Å². The van der Waals surface area contributed by atoms with Crippen LogP contribution in [0, 0.1) is 0 Å². The maximum absolute atomic E-state index is 11.0. The Hall–Kier alpha value is -1.81. The SMILES string of the molecule is O=C(O)CC1CCCCN1Cc1coc2ccccc12. The number of likely N-dealkylation sites (tertiary alicyclic amines) is 1. The number of piperidine rings is 1. The Balaban J connectivity index is 1.79. The van der Waals surface area contributed by atoms with E-state index in [1.165, 1.54) is 0 Å². The molecule has 0 amide bonds. The molecule has 0 spiro atoms. The standard InChI is InChI=1S/C16H19NO3/c18-16(19)9-13-5-3-4-8-17(13)10-12-11-20-15-7-2-1-6-14(12)15/h1-2,6-7,11,13H,3-5,8-10H2,(H,18,19). The fraction of sp³-hybridized carbons (Fsp3) is 0.438. The Labute approximate surface area is 118 Å². The number of para-hydroxylation sites is 1. The lowest BCUT2D eigenvalue weighted by Crippen LogP contribution is -2.40. The van der Waals surface area contributed by atoms with Gasteiger partial charge in [-0.3, -0.25) is 9.69 Å². The van der Waals surface area contributed by atoms with Crippen LogP contribution in [0.15, 0.2) is 34.9 Å². The van der Waals surface area contributed by atoms with Crippen LogP contribution in [0.25, 0.3) is 11.0 Å². The van der Waals surface area contributed by atoms with Crippen LogP contribution in [0.4, 0.5) is 0 Å². The molecule has 1 fully saturated rings. The van der Waals surface area contributed by atoms with E-state index >= 15 is 0 Å². The van der Waals surface area contributed by atoms with Gasteiger partial charge in [-0.2, -0.15) is 0 Å². The van der Waals surface area contributed by atoms with Crippen molar-refractivity contribution in [2.45, 2.75) is 38.3 Å². The number of hydrogen-bond donors (Lipinski definition) is 1. The molecule has 106 valence electrons. The maximum Gasteiger partial charge on any atom is 0.304 e. The van der Waals surface area contributed by atoms with Gasteiger partial charge in [0.05, 0.1) is 12.7 Å². The first-order chi connectivity index (χ1) is 9.74. The highest BCUT2D eigenvalue weighted by Gasteiger charge is 2.25. The van der Waals surface area contributed by atoms with Crippen molar-refractivity contribution in [3.63, 3.8) is 0 Å². The Kier molecular flexibility index (Phi) is 3.74. The smallest absolute Gasteiger partial charge is 0.304 e. The van der Waals surface area contributed by atoms with Crippen molar-refractivity contribution in [2.75, 3.05) is 6.54 Å². The first-order valence-electron chi connectivity index (χ1n) is 7.15. The van der Waals surface area contributed by atoms with E-state index in [-0.39, 0.29) is 12.5 Å². The molecule has 4 heteroatoms. The first kappa shape index (κ1) is 13.2. The van der Waals surface area contributed by atoms with Gasteiger partial charge in [0, 0.05) is 23.5 Å². The molecule has 1 aromatic carbocycles. The molecule has 1 saturated heterocycles. The van der Waals surface area contributed by atoms with Crippen LogP contribution in [0.2, 0.25) is 0 Å². The van der Waals surface area contributed by atoms with Gasteiger partial charge in [0.2, 0.25) is 0 Å². The second-order valence-corrected chi connectivity index (χ2v) is 5.48. The van der Waals surface area contributed by atoms with Crippen LogP contribution in [0.5, 0.6) is 0 Å². The van der Waals surface area contributed by atoms with E-state index in [1.807, 2.05) is 18.2 Å². The Morgan fingerprint density at radius 2 is 2.20 bits per heavy atom. The van der Waals surface area contributed by atoms with Crippen molar-refractivity contribution < 1.29 is 14.3 Å². The summed E-state index contributed by atoms with van der Waals surface area (Å²) in [5.41, 5.74) is 2.05. The minimum Gasteiger partial charge on any atom is -0.481 e. The second kappa shape index (κ2) is 5.67. The molecule has 1 atom stereocenters. The molecule has 0 saturated carbocycles. The molecule has 1 unspecified atom stereocenters. The summed E-state index contributed by atoms with van der Waals surface area (Å²) >= 11 is 0. The van der Waals surface area contributed by atoms with Gasteiger partial charge in [-0.1, -0.05) is 24.6 Å². The average Bonchev–Trinajstić information content (AvgIpc) is 2.84. The highest BCUT2D eigenvalue weighted by Crippen LogP contribution is 2.26. The number of nitrogens with zero attached hydrogens (tertiary/aromatic N) is 1. The maximum atomic E-state index is 11.0. The number of rotatable bonds is 4. The number of aliphatic carboxylic acids is 1. The molecule has 0 radical (unpaired) electrons. The quantitative estimate of drug-likeness (QED) is 0.929. The van der Waals surface area contributed by atoms with E-state index in [9.17, 15) is 4.79 Å². The van der Waals surface area contributed by atoms with Gasteiger partial charge in [0.15, 0.2) is 0 Å². The minimum absolute atomic E-state index is 0.148. The molecule has 1 aliphatic heterocycles. The summed E-state index contributed by atoms with van der Waals surface area (Å²) in [4.78, 5) is 13.3. The highest BCUT2D eigenvalue weighted by molar-refractivity contribution is 5.80. The van der Waals surface area contributed by atoms with Crippen molar-refractivity contribution in [2.24, 2.45) is 0 Å². The lowest BCUT2D eigenvalue weighted by Gasteiger charge is -2.34. The molecule has 1 aliphatic rings. The molecule has 20 heavy (non-hydrogen) atoms. The van der Waals surface area contributed by atoms with Crippen LogP contribution in [0.1, 0.15) is 31.2 Å². The van der Waals surface area contributed by atoms with E-state index < -0.39 is 5.97 Å². The van der Waals surface area contributed by atoms with Gasteiger partial charge < -0.3 is 9.52 Å². The highest BCUT2D eigenvalue weighted by atomic mass is 16.4. The Bertz CT molecular complexity index is 605. The van der Waals surface area contributed by atoms with Gasteiger partial charge in [-0.05, 0) is 25.5 Å². The fourth-order valence-electron chi connectivity index (χ4n) is 3.07. The molecular formula is C16H19NO3. The summed E-state index contributed by atoms with van der Waals surface area (Å²) in [5.74, 6) is -0.709. The van der Waals surface area contributed by atoms with Crippen molar-refractivity contribution in [1.82, 2.24) is 4.90 Å². The predicted octanol–water partition coefficient (Wildman–Crippen LogP) is 3.26. The summed E-state index contributed by atoms with van der Waals surface area (Å²) in [6, 6.07) is 8.14. The topological polar surface area (TPSA) is 53.7 Å². The molecule has 3 rings (SSSR count). The molecular weight excluding hydrogens is 254 g/mol. The van der Waals surface area contributed by atoms with Gasteiger partial charge in [0.25, 0.3) is 0 Å². The first-order valence-corrected chi connectivity index (χ1v) is 7.15. The Morgan fingerprint density at radius 3 is 3.05 bits per heavy atom. The van der Waals surface area contributed by atoms with Crippen LogP contribution < -0.4 is 0 Å². The summed E-state index contributed by atoms with van der Waals surface area (Å²) < 4.78 is 5.56. The van der Waals surface area contributed by atoms with E-state index in [2.05, 4.69) is 11.0 Å². The van der Waals surface area contributed by atoms with Gasteiger partial charge in [0.1, 0.15) is 5.58 Å². The van der Waals surface area contributed by atoms with E-state index in [4.69, 9.17) is 9.52 Å². The zero-order valence-electron chi connectivity index (χ0n) is 11.4. The van der Waals surface area contributed by atoms with E-state index in [0.29, 0.717) is 0 Å². The normalized spacial score (nSPS) is 20.3. The third kappa shape index (κ3) is 2.70. The number of carboxylic acids is 1. The van der Waals surface area contributed by atoms with Crippen LogP contribution >= 0.6 is 0 Å². The van der Waals surface area contributed by atoms with Crippen molar-refractivity contribution in [1.29, 1.82) is 0 Å². The number of fused-ring (bicyclic) bond motifs is 1. The number of hydrogen-bond acceptors (Lipinski definition) is 3. The largest absolute Gasteiger partial charge is 0.481 e. The molecule has 4 nitrogen and oxygen atoms in total. The van der Waals surface area contributed by atoms with Crippen molar-refractivity contribution in [3.8, 4) is 0 Å². The average molecular weight is 273 g/mol. The van der Waals surface area contributed by atoms with Crippen LogP contribution in [0.3, 0.4) is 0 Å².